The van der Waals surface area contributed by atoms with Crippen LogP contribution in [0, 0.1) is 0 Å². The summed E-state index contributed by atoms with van der Waals surface area (Å²) in [6.45, 7) is 0.761. The van der Waals surface area contributed by atoms with E-state index < -0.39 is 0 Å². The highest BCUT2D eigenvalue weighted by Gasteiger charge is 2.19. The maximum Gasteiger partial charge on any atom is 0.414 e. The first-order valence-electron chi connectivity index (χ1n) is 5.91. The molecule has 1 aromatic heterocycles. The van der Waals surface area contributed by atoms with Crippen molar-refractivity contribution in [3.05, 3.63) is 58.2 Å². The van der Waals surface area contributed by atoms with Crippen molar-refractivity contribution in [2.75, 3.05) is 0 Å². The smallest absolute Gasteiger partial charge is 0.414 e. The zero-order valence-electron chi connectivity index (χ0n) is 10.2. The van der Waals surface area contributed by atoms with E-state index >= 15 is 0 Å². The van der Waals surface area contributed by atoms with Crippen molar-refractivity contribution >= 4 is 23.5 Å². The fraction of sp³-hybridized carbons (Fsp3) is 0.143. The number of fused-ring (bicyclic) bond motifs is 1. The number of nitrogens with zero attached hydrogens (tertiary/aromatic N) is 2. The van der Waals surface area contributed by atoms with Crippen LogP contribution in [0.3, 0.4) is 0 Å². The minimum Gasteiger partial charge on any atom is -0.444 e. The molecule has 0 bridgehead atoms. The van der Waals surface area contributed by atoms with Crippen LogP contribution in [-0.2, 0) is 17.9 Å². The van der Waals surface area contributed by atoms with E-state index in [4.69, 9.17) is 4.74 Å². The third-order valence-corrected chi connectivity index (χ3v) is 3.67. The number of hydrogen-bond donors (Lipinski definition) is 0. The molecule has 0 saturated carbocycles. The summed E-state index contributed by atoms with van der Waals surface area (Å²) in [7, 11) is 0. The maximum absolute atomic E-state index is 11.9. The first kappa shape index (κ1) is 11.9. The van der Waals surface area contributed by atoms with E-state index in [1.54, 1.807) is 23.0 Å². The summed E-state index contributed by atoms with van der Waals surface area (Å²) in [6.07, 6.45) is 3.28. The number of thiazole rings is 1. The molecule has 0 saturated heterocycles. The number of carbonyl (C=O) groups is 1. The largest absolute Gasteiger partial charge is 0.444 e. The molecule has 0 atom stereocenters. The molecule has 19 heavy (non-hydrogen) atoms. The Hall–Kier alpha value is -2.14. The molecule has 1 aromatic carbocycles. The van der Waals surface area contributed by atoms with Crippen LogP contribution in [0.2, 0.25) is 0 Å². The van der Waals surface area contributed by atoms with Crippen LogP contribution < -0.4 is 0 Å². The summed E-state index contributed by atoms with van der Waals surface area (Å²) in [6, 6.07) is 9.63. The van der Waals surface area contributed by atoms with Gasteiger partial charge in [0.2, 0.25) is 0 Å². The number of benzene rings is 1. The Balaban J connectivity index is 1.60. The molecule has 0 N–H and O–H groups in total. The molecule has 4 nitrogen and oxygen atoms in total. The van der Waals surface area contributed by atoms with Crippen LogP contribution in [0.5, 0.6) is 0 Å². The van der Waals surface area contributed by atoms with E-state index in [1.807, 2.05) is 36.4 Å². The Kier molecular flexibility index (Phi) is 3.29. The average Bonchev–Trinajstić information content (AvgIpc) is 2.93. The van der Waals surface area contributed by atoms with Gasteiger partial charge in [0.15, 0.2) is 0 Å². The normalized spacial score (nSPS) is 13.2. The second kappa shape index (κ2) is 5.24. The third-order valence-electron chi connectivity index (χ3n) is 2.84. The second-order valence-corrected chi connectivity index (χ2v) is 5.03. The van der Waals surface area contributed by atoms with E-state index in [0.717, 1.165) is 16.1 Å². The van der Waals surface area contributed by atoms with Gasteiger partial charge in [-0.3, -0.25) is 4.90 Å². The number of ether oxygens (including phenoxy) is 1. The van der Waals surface area contributed by atoms with Gasteiger partial charge in [-0.2, -0.15) is 0 Å². The van der Waals surface area contributed by atoms with Gasteiger partial charge in [0, 0.05) is 6.20 Å². The molecular formula is C14H12N2O2S. The molecule has 2 aromatic rings. The van der Waals surface area contributed by atoms with Gasteiger partial charge in [-0.15, -0.1) is 11.3 Å². The van der Waals surface area contributed by atoms with Crippen molar-refractivity contribution in [2.24, 2.45) is 0 Å². The van der Waals surface area contributed by atoms with Gasteiger partial charge in [-0.25, -0.2) is 9.78 Å². The number of carbonyl (C=O) groups excluding carboxylic acids is 1. The van der Waals surface area contributed by atoms with Crippen LogP contribution >= 0.6 is 11.3 Å². The molecule has 0 aliphatic carbocycles. The molecule has 5 heteroatoms. The van der Waals surface area contributed by atoms with Crippen LogP contribution in [-0.4, -0.2) is 16.0 Å². The lowest BCUT2D eigenvalue weighted by molar-refractivity contribution is 0.108. The highest BCUT2D eigenvalue weighted by atomic mass is 32.1. The van der Waals surface area contributed by atoms with Crippen molar-refractivity contribution in [1.82, 2.24) is 9.88 Å². The molecule has 0 unspecified atom stereocenters. The molecule has 2 heterocycles. The number of hydrogen-bond acceptors (Lipinski definition) is 4. The lowest BCUT2D eigenvalue weighted by Crippen LogP contribution is -2.27. The van der Waals surface area contributed by atoms with E-state index in [-0.39, 0.29) is 12.7 Å². The Morgan fingerprint density at radius 3 is 3.05 bits per heavy atom. The molecule has 0 fully saturated rings. The average molecular weight is 272 g/mol. The summed E-state index contributed by atoms with van der Waals surface area (Å²) in [5, 5.41) is 0. The minimum atomic E-state index is -0.348. The van der Waals surface area contributed by atoms with Crippen molar-refractivity contribution in [3.63, 3.8) is 0 Å². The number of rotatable bonds is 2. The highest BCUT2D eigenvalue weighted by molar-refractivity contribution is 7.10. The van der Waals surface area contributed by atoms with Gasteiger partial charge in [0.05, 0.1) is 22.6 Å². The lowest BCUT2D eigenvalue weighted by Gasteiger charge is -2.20. The standard InChI is InChI=1S/C14H12N2O2S/c17-14(18-9-11-4-2-1-3-5-11)16-7-6-13-12(8-16)15-10-19-13/h1-7,10H,8-9H2. The fourth-order valence-electron chi connectivity index (χ4n) is 1.83. The SMILES string of the molecule is O=C(OCc1ccccc1)N1C=Cc2scnc2C1. The summed E-state index contributed by atoms with van der Waals surface area (Å²) >= 11 is 1.57. The van der Waals surface area contributed by atoms with Crippen LogP contribution in [0.4, 0.5) is 4.79 Å². The quantitative estimate of drug-likeness (QED) is 0.842. The lowest BCUT2D eigenvalue weighted by atomic mass is 10.2. The molecule has 1 aliphatic rings. The summed E-state index contributed by atoms with van der Waals surface area (Å²) in [4.78, 5) is 18.8. The molecule has 0 spiro atoms. The Morgan fingerprint density at radius 1 is 1.37 bits per heavy atom. The zero-order chi connectivity index (χ0) is 13.1. The zero-order valence-corrected chi connectivity index (χ0v) is 11.0. The summed E-state index contributed by atoms with van der Waals surface area (Å²) in [5.74, 6) is 0. The van der Waals surface area contributed by atoms with Gasteiger partial charge in [0.1, 0.15) is 6.61 Å². The van der Waals surface area contributed by atoms with Crippen molar-refractivity contribution in [2.45, 2.75) is 13.2 Å². The van der Waals surface area contributed by atoms with Gasteiger partial charge >= 0.3 is 6.09 Å². The highest BCUT2D eigenvalue weighted by Crippen LogP contribution is 2.22. The van der Waals surface area contributed by atoms with Gasteiger partial charge < -0.3 is 4.74 Å². The van der Waals surface area contributed by atoms with Crippen molar-refractivity contribution in [1.29, 1.82) is 0 Å². The predicted octanol–water partition coefficient (Wildman–Crippen LogP) is 3.27. The monoisotopic (exact) mass is 272 g/mol. The van der Waals surface area contributed by atoms with Gasteiger partial charge in [-0.1, -0.05) is 30.3 Å². The van der Waals surface area contributed by atoms with Crippen LogP contribution in [0.1, 0.15) is 16.1 Å². The first-order chi connectivity index (χ1) is 9.33. The molecule has 1 aliphatic heterocycles. The van der Waals surface area contributed by atoms with E-state index in [9.17, 15) is 4.79 Å². The summed E-state index contributed by atoms with van der Waals surface area (Å²) in [5.41, 5.74) is 3.68. The third kappa shape index (κ3) is 2.66. The Bertz CT molecular complexity index is 607. The number of amides is 1. The maximum atomic E-state index is 11.9. The van der Waals surface area contributed by atoms with E-state index in [1.165, 1.54) is 4.90 Å². The Morgan fingerprint density at radius 2 is 2.21 bits per heavy atom. The molecule has 0 radical (unpaired) electrons. The van der Waals surface area contributed by atoms with E-state index in [2.05, 4.69) is 4.98 Å². The molecule has 1 amide bonds. The topological polar surface area (TPSA) is 42.4 Å². The van der Waals surface area contributed by atoms with Crippen molar-refractivity contribution in [3.8, 4) is 0 Å². The van der Waals surface area contributed by atoms with Crippen molar-refractivity contribution < 1.29 is 9.53 Å². The van der Waals surface area contributed by atoms with Crippen LogP contribution in [0.15, 0.2) is 42.0 Å². The molecule has 3 rings (SSSR count). The van der Waals surface area contributed by atoms with Crippen LogP contribution in [0.25, 0.3) is 6.08 Å². The first-order valence-corrected chi connectivity index (χ1v) is 6.79. The number of aromatic nitrogens is 1. The molecular weight excluding hydrogens is 260 g/mol. The van der Waals surface area contributed by atoms with E-state index in [0.29, 0.717) is 6.54 Å². The molecule has 96 valence electrons. The fourth-order valence-corrected chi connectivity index (χ4v) is 2.52. The minimum absolute atomic E-state index is 0.286. The van der Waals surface area contributed by atoms with Gasteiger partial charge in [-0.05, 0) is 11.6 Å². The Labute approximate surface area is 115 Å². The summed E-state index contributed by atoms with van der Waals surface area (Å²) < 4.78 is 5.27. The second-order valence-electron chi connectivity index (χ2n) is 4.15. The predicted molar refractivity (Wildman–Crippen MR) is 73.3 cm³/mol. The van der Waals surface area contributed by atoms with Gasteiger partial charge in [0.25, 0.3) is 0 Å².